The van der Waals surface area contributed by atoms with E-state index in [4.69, 9.17) is 11.6 Å². The Kier molecular flexibility index (Phi) is 2.97. The number of fused-ring (bicyclic) bond motifs is 1. The molecule has 1 unspecified atom stereocenters. The number of nitrogens with zero attached hydrogens (tertiary/aromatic N) is 1. The van der Waals surface area contributed by atoms with E-state index in [0.29, 0.717) is 0 Å². The van der Waals surface area contributed by atoms with Crippen LogP contribution in [0.1, 0.15) is 19.8 Å². The van der Waals surface area contributed by atoms with Crippen LogP contribution in [0.4, 0.5) is 5.13 Å². The molecular weight excluding hydrogens is 252 g/mol. The zero-order chi connectivity index (χ0) is 11.8. The average Bonchev–Trinajstić information content (AvgIpc) is 3.07. The molecule has 90 valence electrons. The van der Waals surface area contributed by atoms with Crippen LogP contribution in [0.15, 0.2) is 18.2 Å². The number of hydrogen-bond acceptors (Lipinski definition) is 3. The third-order valence-electron chi connectivity index (χ3n) is 3.35. The van der Waals surface area contributed by atoms with E-state index >= 15 is 0 Å². The van der Waals surface area contributed by atoms with Crippen LogP contribution >= 0.6 is 22.9 Å². The highest BCUT2D eigenvalue weighted by molar-refractivity contribution is 7.22. The molecule has 1 heterocycles. The lowest BCUT2D eigenvalue weighted by molar-refractivity contribution is 0.536. The lowest BCUT2D eigenvalue weighted by atomic mass is 10.1. The smallest absolute Gasteiger partial charge is 0.183 e. The molecule has 17 heavy (non-hydrogen) atoms. The largest absolute Gasteiger partial charge is 0.361 e. The summed E-state index contributed by atoms with van der Waals surface area (Å²) in [4.78, 5) is 4.55. The number of hydrogen-bond donors (Lipinski definition) is 1. The van der Waals surface area contributed by atoms with Gasteiger partial charge in [0.05, 0.1) is 10.2 Å². The van der Waals surface area contributed by atoms with Crippen molar-refractivity contribution in [3.05, 3.63) is 23.2 Å². The van der Waals surface area contributed by atoms with Gasteiger partial charge in [0, 0.05) is 11.6 Å². The minimum absolute atomic E-state index is 0.755. The molecule has 1 aromatic carbocycles. The van der Waals surface area contributed by atoms with Gasteiger partial charge < -0.3 is 5.32 Å². The van der Waals surface area contributed by atoms with E-state index < -0.39 is 0 Å². The standard InChI is InChI=1S/C13H15ClN2S/c1-8(9-2-3-9)7-15-13-16-11-5-4-10(14)6-12(11)17-13/h4-6,8-9H,2-3,7H2,1H3,(H,15,16). The van der Waals surface area contributed by atoms with Crippen LogP contribution in [0.2, 0.25) is 5.02 Å². The van der Waals surface area contributed by atoms with Gasteiger partial charge in [0.25, 0.3) is 0 Å². The summed E-state index contributed by atoms with van der Waals surface area (Å²) < 4.78 is 1.15. The summed E-state index contributed by atoms with van der Waals surface area (Å²) in [6.45, 7) is 3.34. The van der Waals surface area contributed by atoms with Crippen LogP contribution in [0, 0.1) is 11.8 Å². The monoisotopic (exact) mass is 266 g/mol. The van der Waals surface area contributed by atoms with Crippen molar-refractivity contribution in [1.29, 1.82) is 0 Å². The molecule has 0 amide bonds. The van der Waals surface area contributed by atoms with E-state index in [1.54, 1.807) is 11.3 Å². The highest BCUT2D eigenvalue weighted by atomic mass is 35.5. The number of nitrogens with one attached hydrogen (secondary N) is 1. The van der Waals surface area contributed by atoms with Gasteiger partial charge in [-0.3, -0.25) is 0 Å². The van der Waals surface area contributed by atoms with Gasteiger partial charge >= 0.3 is 0 Å². The Morgan fingerprint density at radius 3 is 3.12 bits per heavy atom. The predicted octanol–water partition coefficient (Wildman–Crippen LogP) is 4.41. The summed E-state index contributed by atoms with van der Waals surface area (Å²) >= 11 is 7.64. The second kappa shape index (κ2) is 4.46. The van der Waals surface area contributed by atoms with Gasteiger partial charge in [0.1, 0.15) is 0 Å². The number of halogens is 1. The molecule has 0 saturated heterocycles. The molecule has 1 aliphatic carbocycles. The fourth-order valence-electron chi connectivity index (χ4n) is 2.05. The quantitative estimate of drug-likeness (QED) is 0.887. The molecular formula is C13H15ClN2S. The molecule has 2 aromatic rings. The van der Waals surface area contributed by atoms with Crippen LogP contribution in [0.5, 0.6) is 0 Å². The van der Waals surface area contributed by atoms with Gasteiger partial charge in [-0.1, -0.05) is 29.9 Å². The van der Waals surface area contributed by atoms with Gasteiger partial charge in [0.2, 0.25) is 0 Å². The fourth-order valence-corrected chi connectivity index (χ4v) is 3.20. The molecule has 0 aliphatic heterocycles. The first kappa shape index (κ1) is 11.3. The van der Waals surface area contributed by atoms with Crippen molar-refractivity contribution >= 4 is 38.3 Å². The van der Waals surface area contributed by atoms with Crippen molar-refractivity contribution < 1.29 is 0 Å². The Hall–Kier alpha value is -0.800. The number of benzene rings is 1. The van der Waals surface area contributed by atoms with E-state index in [0.717, 1.165) is 38.8 Å². The van der Waals surface area contributed by atoms with Crippen molar-refractivity contribution in [2.45, 2.75) is 19.8 Å². The molecule has 1 aliphatic rings. The normalized spacial score (nSPS) is 17.3. The maximum atomic E-state index is 5.96. The second-order valence-corrected chi connectivity index (χ2v) is 6.29. The molecule has 2 nitrogen and oxygen atoms in total. The Labute approximate surface area is 110 Å². The van der Waals surface area contributed by atoms with E-state index in [2.05, 4.69) is 17.2 Å². The van der Waals surface area contributed by atoms with E-state index in [1.165, 1.54) is 12.8 Å². The van der Waals surface area contributed by atoms with Crippen molar-refractivity contribution in [3.63, 3.8) is 0 Å². The van der Waals surface area contributed by atoms with Crippen LogP contribution in [-0.2, 0) is 0 Å². The Bertz CT molecular complexity index is 533. The topological polar surface area (TPSA) is 24.9 Å². The molecule has 4 heteroatoms. The Balaban J connectivity index is 1.72. The molecule has 3 rings (SSSR count). The Morgan fingerprint density at radius 2 is 2.35 bits per heavy atom. The minimum atomic E-state index is 0.755. The van der Waals surface area contributed by atoms with Gasteiger partial charge in [-0.05, 0) is 42.9 Å². The van der Waals surface area contributed by atoms with E-state index in [-0.39, 0.29) is 0 Å². The zero-order valence-electron chi connectivity index (χ0n) is 9.74. The van der Waals surface area contributed by atoms with Crippen molar-refractivity contribution in [1.82, 2.24) is 4.98 Å². The molecule has 0 bridgehead atoms. The molecule has 1 fully saturated rings. The van der Waals surface area contributed by atoms with Gasteiger partial charge in [-0.2, -0.15) is 0 Å². The molecule has 1 saturated carbocycles. The maximum Gasteiger partial charge on any atom is 0.183 e. The molecule has 1 N–H and O–H groups in total. The SMILES string of the molecule is CC(CNc1nc2ccc(Cl)cc2s1)C1CC1. The summed E-state index contributed by atoms with van der Waals surface area (Å²) in [5.74, 6) is 1.69. The van der Waals surface area contributed by atoms with Gasteiger partial charge in [0.15, 0.2) is 5.13 Å². The lowest BCUT2D eigenvalue weighted by Crippen LogP contribution is -2.12. The summed E-state index contributed by atoms with van der Waals surface area (Å²) in [6, 6.07) is 5.84. The third kappa shape index (κ3) is 2.55. The molecule has 1 atom stereocenters. The summed E-state index contributed by atoms with van der Waals surface area (Å²) in [5, 5.41) is 5.22. The number of anilines is 1. The van der Waals surface area contributed by atoms with Crippen LogP contribution < -0.4 is 5.32 Å². The highest BCUT2D eigenvalue weighted by Crippen LogP contribution is 2.37. The number of thiazole rings is 1. The first-order chi connectivity index (χ1) is 8.22. The van der Waals surface area contributed by atoms with Gasteiger partial charge in [-0.25, -0.2) is 4.98 Å². The summed E-state index contributed by atoms with van der Waals surface area (Å²) in [6.07, 6.45) is 2.80. The fraction of sp³-hybridized carbons (Fsp3) is 0.462. The first-order valence-corrected chi connectivity index (χ1v) is 7.22. The van der Waals surface area contributed by atoms with Gasteiger partial charge in [-0.15, -0.1) is 0 Å². The summed E-state index contributed by atoms with van der Waals surface area (Å²) in [7, 11) is 0. The van der Waals surface area contributed by atoms with Crippen molar-refractivity contribution in [2.24, 2.45) is 11.8 Å². The van der Waals surface area contributed by atoms with Crippen molar-refractivity contribution in [3.8, 4) is 0 Å². The number of rotatable bonds is 4. The first-order valence-electron chi connectivity index (χ1n) is 6.02. The number of aromatic nitrogens is 1. The van der Waals surface area contributed by atoms with Crippen LogP contribution in [-0.4, -0.2) is 11.5 Å². The van der Waals surface area contributed by atoms with E-state index in [9.17, 15) is 0 Å². The third-order valence-corrected chi connectivity index (χ3v) is 4.56. The van der Waals surface area contributed by atoms with Crippen LogP contribution in [0.25, 0.3) is 10.2 Å². The molecule has 1 aromatic heterocycles. The summed E-state index contributed by atoms with van der Waals surface area (Å²) in [5.41, 5.74) is 1.03. The Morgan fingerprint density at radius 1 is 1.53 bits per heavy atom. The maximum absolute atomic E-state index is 5.96. The minimum Gasteiger partial charge on any atom is -0.361 e. The second-order valence-electron chi connectivity index (χ2n) is 4.83. The average molecular weight is 267 g/mol. The van der Waals surface area contributed by atoms with E-state index in [1.807, 2.05) is 18.2 Å². The zero-order valence-corrected chi connectivity index (χ0v) is 11.3. The predicted molar refractivity (Wildman–Crippen MR) is 75.0 cm³/mol. The van der Waals surface area contributed by atoms with Crippen molar-refractivity contribution in [2.75, 3.05) is 11.9 Å². The van der Waals surface area contributed by atoms with Crippen LogP contribution in [0.3, 0.4) is 0 Å². The highest BCUT2D eigenvalue weighted by Gasteiger charge is 2.27. The lowest BCUT2D eigenvalue weighted by Gasteiger charge is -2.09. The molecule has 0 spiro atoms. The molecule has 0 radical (unpaired) electrons.